The molecule has 0 radical (unpaired) electrons. The second-order valence-electron chi connectivity index (χ2n) is 6.14. The van der Waals surface area contributed by atoms with Gasteiger partial charge in [-0.3, -0.25) is 10.7 Å². The summed E-state index contributed by atoms with van der Waals surface area (Å²) in [6, 6.07) is 8.82. The van der Waals surface area contributed by atoms with E-state index in [-0.39, 0.29) is 5.82 Å². The van der Waals surface area contributed by atoms with Crippen LogP contribution in [0.3, 0.4) is 0 Å². The normalized spacial score (nSPS) is 19.4. The van der Waals surface area contributed by atoms with Gasteiger partial charge in [-0.05, 0) is 36.4 Å². The van der Waals surface area contributed by atoms with Gasteiger partial charge in [0.2, 0.25) is 11.6 Å². The zero-order valence-corrected chi connectivity index (χ0v) is 14.2. The quantitative estimate of drug-likeness (QED) is 0.470. The highest BCUT2D eigenvalue weighted by Crippen LogP contribution is 2.36. The molecule has 3 heterocycles. The van der Waals surface area contributed by atoms with E-state index in [1.165, 1.54) is 24.3 Å². The van der Waals surface area contributed by atoms with E-state index in [1.54, 1.807) is 24.5 Å². The summed E-state index contributed by atoms with van der Waals surface area (Å²) in [6.45, 7) is 0. The Hall–Kier alpha value is -3.46. The topological polar surface area (TPSA) is 79.6 Å². The first-order valence-electron chi connectivity index (χ1n) is 8.15. The molecule has 0 spiro atoms. The molecule has 4 rings (SSSR count). The second-order valence-corrected chi connectivity index (χ2v) is 6.14. The maximum Gasteiger partial charge on any atom is 0.225 e. The number of nitrogens with one attached hydrogen (secondary N) is 2. The van der Waals surface area contributed by atoms with E-state index in [1.807, 2.05) is 5.32 Å². The molecule has 1 unspecified atom stereocenters. The van der Waals surface area contributed by atoms with Crippen LogP contribution in [0.15, 0.2) is 72.5 Å². The van der Waals surface area contributed by atoms with Gasteiger partial charge in [0, 0.05) is 29.6 Å². The Bertz CT molecular complexity index is 1090. The molecule has 4 N–H and O–H groups in total. The third-order valence-electron chi connectivity index (χ3n) is 4.31. The van der Waals surface area contributed by atoms with Gasteiger partial charge in [-0.25, -0.2) is 18.2 Å². The number of benzene rings is 1. The van der Waals surface area contributed by atoms with Crippen LogP contribution >= 0.6 is 0 Å². The zero-order chi connectivity index (χ0) is 19.9. The molecule has 1 atom stereocenters. The highest BCUT2D eigenvalue weighted by molar-refractivity contribution is 5.78. The Morgan fingerprint density at radius 1 is 0.893 bits per heavy atom. The number of allylic oxidation sites excluding steroid dienone is 2. The number of halogens is 4. The van der Waals surface area contributed by atoms with Crippen molar-refractivity contribution < 1.29 is 17.6 Å². The number of imidazole rings is 1. The van der Waals surface area contributed by atoms with Crippen molar-refractivity contribution in [1.29, 1.82) is 0 Å². The summed E-state index contributed by atoms with van der Waals surface area (Å²) in [5.74, 6) is -4.60. The van der Waals surface area contributed by atoms with E-state index in [0.29, 0.717) is 28.6 Å². The fourth-order valence-electron chi connectivity index (χ4n) is 2.86. The van der Waals surface area contributed by atoms with Gasteiger partial charge in [-0.1, -0.05) is 0 Å². The molecule has 1 aliphatic rings. The molecule has 0 aliphatic carbocycles. The van der Waals surface area contributed by atoms with E-state index >= 15 is 0 Å². The molecule has 2 aromatic heterocycles. The van der Waals surface area contributed by atoms with Gasteiger partial charge in [-0.2, -0.15) is 4.39 Å². The van der Waals surface area contributed by atoms with Crippen molar-refractivity contribution in [3.05, 3.63) is 84.1 Å². The third-order valence-corrected chi connectivity index (χ3v) is 4.31. The van der Waals surface area contributed by atoms with Crippen molar-refractivity contribution in [1.82, 2.24) is 20.3 Å². The lowest BCUT2D eigenvalue weighted by atomic mass is 10.1. The van der Waals surface area contributed by atoms with Gasteiger partial charge in [0.25, 0.3) is 0 Å². The first-order chi connectivity index (χ1) is 13.4. The molecular formula is C19H13F4N5. The summed E-state index contributed by atoms with van der Waals surface area (Å²) in [5.41, 5.74) is 5.65. The molecule has 0 amide bonds. The number of hydrogen-bond acceptors (Lipinski definition) is 4. The minimum absolute atomic E-state index is 0.185. The van der Waals surface area contributed by atoms with Crippen molar-refractivity contribution >= 4 is 0 Å². The molecule has 9 heteroatoms. The minimum atomic E-state index is -2.24. The SMILES string of the molecule is NC1(c2nc(-c3ccc(F)cc3)c(-c3ccncc3)[nH]2)NC(F)=C(F)C=C1F. The summed E-state index contributed by atoms with van der Waals surface area (Å²) in [6.07, 6.45) is 3.44. The first kappa shape index (κ1) is 17.9. The molecular weight excluding hydrogens is 374 g/mol. The van der Waals surface area contributed by atoms with Crippen LogP contribution in [-0.2, 0) is 5.66 Å². The van der Waals surface area contributed by atoms with Crippen LogP contribution in [0.1, 0.15) is 5.82 Å². The van der Waals surface area contributed by atoms with Crippen molar-refractivity contribution in [2.24, 2.45) is 5.73 Å². The van der Waals surface area contributed by atoms with Gasteiger partial charge in [0.05, 0.1) is 11.4 Å². The monoisotopic (exact) mass is 387 g/mol. The predicted octanol–water partition coefficient (Wildman–Crippen LogP) is 3.95. The molecule has 1 aromatic carbocycles. The molecule has 1 aliphatic heterocycles. The standard InChI is InChI=1S/C19H13F4N5/c20-12-3-1-10(2-4-12)15-16(11-5-7-25-8-6-11)27-18(26-15)19(24)14(22)9-13(21)17(23)28-19/h1-9,28H,24H2,(H,26,27). The Morgan fingerprint density at radius 2 is 1.57 bits per heavy atom. The Labute approximate surface area is 156 Å². The van der Waals surface area contributed by atoms with Crippen LogP contribution in [0.25, 0.3) is 22.5 Å². The molecule has 5 nitrogen and oxygen atoms in total. The fraction of sp³-hybridized carbons (Fsp3) is 0.0526. The summed E-state index contributed by atoms with van der Waals surface area (Å²) in [7, 11) is 0. The van der Waals surface area contributed by atoms with Gasteiger partial charge >= 0.3 is 0 Å². The number of nitrogens with two attached hydrogens (primary N) is 1. The molecule has 0 bridgehead atoms. The Kier molecular flexibility index (Phi) is 4.23. The predicted molar refractivity (Wildman–Crippen MR) is 94.6 cm³/mol. The maximum absolute atomic E-state index is 14.5. The molecule has 0 saturated carbocycles. The van der Waals surface area contributed by atoms with Crippen LogP contribution in [0.2, 0.25) is 0 Å². The summed E-state index contributed by atoms with van der Waals surface area (Å²) in [4.78, 5) is 11.1. The lowest BCUT2D eigenvalue weighted by Crippen LogP contribution is -2.52. The summed E-state index contributed by atoms with van der Waals surface area (Å²) < 4.78 is 54.8. The largest absolute Gasteiger partial charge is 0.338 e. The van der Waals surface area contributed by atoms with Crippen molar-refractivity contribution in [3.8, 4) is 22.5 Å². The van der Waals surface area contributed by atoms with E-state index < -0.39 is 29.1 Å². The van der Waals surface area contributed by atoms with E-state index in [4.69, 9.17) is 5.73 Å². The van der Waals surface area contributed by atoms with Crippen LogP contribution in [0, 0.1) is 5.82 Å². The second kappa shape index (κ2) is 6.61. The smallest absolute Gasteiger partial charge is 0.225 e. The van der Waals surface area contributed by atoms with Crippen LogP contribution in [0.5, 0.6) is 0 Å². The Balaban J connectivity index is 1.89. The van der Waals surface area contributed by atoms with Crippen molar-refractivity contribution in [2.75, 3.05) is 0 Å². The molecule has 28 heavy (non-hydrogen) atoms. The number of dihydropyridines is 1. The third kappa shape index (κ3) is 2.95. The highest BCUT2D eigenvalue weighted by atomic mass is 19.2. The number of aromatic nitrogens is 3. The molecule has 3 aromatic rings. The zero-order valence-electron chi connectivity index (χ0n) is 14.2. The van der Waals surface area contributed by atoms with E-state index in [9.17, 15) is 17.6 Å². The number of H-pyrrole nitrogens is 1. The number of nitrogens with zero attached hydrogens (tertiary/aromatic N) is 2. The minimum Gasteiger partial charge on any atom is -0.338 e. The highest BCUT2D eigenvalue weighted by Gasteiger charge is 2.41. The number of pyridine rings is 1. The first-order valence-corrected chi connectivity index (χ1v) is 8.15. The summed E-state index contributed by atoms with van der Waals surface area (Å²) in [5, 5.41) is 1.97. The number of aromatic amines is 1. The van der Waals surface area contributed by atoms with Gasteiger partial charge in [-0.15, -0.1) is 0 Å². The number of hydrogen-bond donors (Lipinski definition) is 3. The van der Waals surface area contributed by atoms with Crippen LogP contribution in [0.4, 0.5) is 17.6 Å². The lowest BCUT2D eigenvalue weighted by Gasteiger charge is -2.29. The van der Waals surface area contributed by atoms with Gasteiger partial charge in [0.1, 0.15) is 5.82 Å². The van der Waals surface area contributed by atoms with Gasteiger partial charge < -0.3 is 10.3 Å². The lowest BCUT2D eigenvalue weighted by molar-refractivity contribution is 0.291. The van der Waals surface area contributed by atoms with Crippen LogP contribution < -0.4 is 11.1 Å². The Morgan fingerprint density at radius 3 is 2.25 bits per heavy atom. The van der Waals surface area contributed by atoms with Crippen LogP contribution in [-0.4, -0.2) is 15.0 Å². The number of rotatable bonds is 3. The molecule has 0 fully saturated rings. The molecule has 142 valence electrons. The summed E-state index contributed by atoms with van der Waals surface area (Å²) >= 11 is 0. The average Bonchev–Trinajstić information content (AvgIpc) is 3.14. The molecule has 0 saturated heterocycles. The maximum atomic E-state index is 14.5. The van der Waals surface area contributed by atoms with Crippen molar-refractivity contribution in [3.63, 3.8) is 0 Å². The van der Waals surface area contributed by atoms with Gasteiger partial charge in [0.15, 0.2) is 17.5 Å². The van der Waals surface area contributed by atoms with E-state index in [2.05, 4.69) is 15.0 Å². The van der Waals surface area contributed by atoms with Crippen molar-refractivity contribution in [2.45, 2.75) is 5.66 Å². The average molecular weight is 387 g/mol. The fourth-order valence-corrected chi connectivity index (χ4v) is 2.86. The van der Waals surface area contributed by atoms with E-state index in [0.717, 1.165) is 0 Å².